The minimum Gasteiger partial charge on any atom is -0.483 e. The molecule has 0 aromatic heterocycles. The first-order chi connectivity index (χ1) is 16.5. The molecule has 1 heterocycles. The molecule has 0 saturated carbocycles. The lowest BCUT2D eigenvalue weighted by atomic mass is 10.1. The molecule has 0 unspecified atom stereocenters. The highest BCUT2D eigenvalue weighted by atomic mass is 35.5. The molecule has 192 valence electrons. The second kappa shape index (κ2) is 12.2. The van der Waals surface area contributed by atoms with Crippen molar-refractivity contribution in [3.05, 3.63) is 64.4 Å². The Labute approximate surface area is 212 Å². The van der Waals surface area contributed by atoms with Crippen LogP contribution in [0, 0.1) is 5.82 Å². The Kier molecular flexibility index (Phi) is 9.52. The summed E-state index contributed by atoms with van der Waals surface area (Å²) < 4.78 is 41.7. The van der Waals surface area contributed by atoms with E-state index in [0.29, 0.717) is 43.4 Å². The van der Waals surface area contributed by atoms with Gasteiger partial charge in [-0.2, -0.15) is 0 Å². The second-order valence-corrected chi connectivity index (χ2v) is 11.7. The van der Waals surface area contributed by atoms with E-state index < -0.39 is 9.84 Å². The number of benzene rings is 2. The third-order valence-electron chi connectivity index (χ3n) is 6.04. The van der Waals surface area contributed by atoms with Gasteiger partial charge in [0.05, 0.1) is 5.88 Å². The number of piperazine rings is 1. The minimum absolute atomic E-state index is 0.00706. The van der Waals surface area contributed by atoms with E-state index in [1.54, 1.807) is 30.3 Å². The number of hydrogen-bond acceptors (Lipinski definition) is 6. The van der Waals surface area contributed by atoms with E-state index >= 15 is 0 Å². The van der Waals surface area contributed by atoms with E-state index in [2.05, 4.69) is 17.1 Å². The largest absolute Gasteiger partial charge is 0.483 e. The highest BCUT2D eigenvalue weighted by Crippen LogP contribution is 2.24. The number of nitrogens with one attached hydrogen (secondary N) is 1. The average Bonchev–Trinajstić information content (AvgIpc) is 2.79. The Morgan fingerprint density at radius 3 is 2.54 bits per heavy atom. The quantitative estimate of drug-likeness (QED) is 0.480. The Hall–Kier alpha value is -2.20. The molecule has 1 aliphatic heterocycles. The van der Waals surface area contributed by atoms with Crippen molar-refractivity contribution < 1.29 is 22.3 Å². The van der Waals surface area contributed by atoms with Crippen molar-refractivity contribution in [3.8, 4) is 5.75 Å². The number of hydrogen-bond donors (Lipinski definition) is 1. The zero-order chi connectivity index (χ0) is 25.6. The molecule has 2 aromatic rings. The summed E-state index contributed by atoms with van der Waals surface area (Å²) in [6.07, 6.45) is 1.68. The molecule has 1 fully saturated rings. The summed E-state index contributed by atoms with van der Waals surface area (Å²) in [6, 6.07) is 11.9. The van der Waals surface area contributed by atoms with Crippen molar-refractivity contribution in [1.82, 2.24) is 15.1 Å². The summed E-state index contributed by atoms with van der Waals surface area (Å²) in [4.78, 5) is 17.2. The van der Waals surface area contributed by atoms with Gasteiger partial charge in [-0.15, -0.1) is 0 Å². The molecule has 2 aromatic carbocycles. The molecule has 0 aliphatic carbocycles. The molecule has 10 heteroatoms. The van der Waals surface area contributed by atoms with Crippen molar-refractivity contribution in [3.63, 3.8) is 0 Å². The average molecular weight is 526 g/mol. The van der Waals surface area contributed by atoms with Crippen LogP contribution >= 0.6 is 11.6 Å². The normalized spacial score (nSPS) is 19.1. The lowest BCUT2D eigenvalue weighted by Gasteiger charge is -2.44. The van der Waals surface area contributed by atoms with Crippen LogP contribution in [0.5, 0.6) is 5.75 Å². The maximum absolute atomic E-state index is 13.2. The van der Waals surface area contributed by atoms with Crippen LogP contribution in [-0.2, 0) is 27.6 Å². The lowest BCUT2D eigenvalue weighted by molar-refractivity contribution is -0.139. The van der Waals surface area contributed by atoms with Gasteiger partial charge in [0.2, 0.25) is 0 Å². The predicted octanol–water partition coefficient (Wildman–Crippen LogP) is 3.11. The number of nitrogens with zero attached hydrogens (tertiary/aromatic N) is 2. The number of carbonyl (C=O) groups excluding carboxylic acids is 1. The molecule has 0 bridgehead atoms. The smallest absolute Gasteiger partial charge is 0.260 e. The lowest BCUT2D eigenvalue weighted by Crippen LogP contribution is -2.58. The van der Waals surface area contributed by atoms with Gasteiger partial charge in [-0.05, 0) is 61.7 Å². The maximum Gasteiger partial charge on any atom is 0.260 e. The number of amides is 1. The monoisotopic (exact) mass is 525 g/mol. The molecule has 3 rings (SSSR count). The molecule has 0 radical (unpaired) electrons. The minimum atomic E-state index is -3.10. The molecular weight excluding hydrogens is 493 g/mol. The molecule has 35 heavy (non-hydrogen) atoms. The van der Waals surface area contributed by atoms with Gasteiger partial charge in [0.1, 0.15) is 11.6 Å². The van der Waals surface area contributed by atoms with Crippen LogP contribution in [0.4, 0.5) is 4.39 Å². The first kappa shape index (κ1) is 27.4. The Morgan fingerprint density at radius 2 is 1.86 bits per heavy atom. The van der Waals surface area contributed by atoms with Gasteiger partial charge < -0.3 is 15.0 Å². The number of halogens is 2. The number of carbonyl (C=O) groups is 1. The standard InChI is InChI=1S/C25H33ClFN3O4S/c1-18-14-30(19(2)13-29(18)15-20-4-7-23(27)8-5-20)25(31)16-34-24-9-6-22(26)12-21(24)10-11-28-17-35(3,32)33/h4-9,12,18-19,28H,10-11,13-17H2,1-3H3/t18-,19+/m0/s1. The van der Waals surface area contributed by atoms with Crippen LogP contribution in [0.25, 0.3) is 0 Å². The molecule has 1 aliphatic rings. The zero-order valence-electron chi connectivity index (χ0n) is 20.3. The van der Waals surface area contributed by atoms with E-state index in [-0.39, 0.29) is 36.3 Å². The van der Waals surface area contributed by atoms with Gasteiger partial charge in [-0.1, -0.05) is 23.7 Å². The van der Waals surface area contributed by atoms with Crippen LogP contribution in [0.2, 0.25) is 5.02 Å². The molecule has 2 atom stereocenters. The fourth-order valence-electron chi connectivity index (χ4n) is 4.18. The van der Waals surface area contributed by atoms with Gasteiger partial charge in [0.25, 0.3) is 5.91 Å². The SMILES string of the molecule is C[C@@H]1CN(Cc2ccc(F)cc2)[C@@H](C)CN1C(=O)COc1ccc(Cl)cc1CCNCS(C)(=O)=O. The van der Waals surface area contributed by atoms with Gasteiger partial charge in [0, 0.05) is 49.5 Å². The van der Waals surface area contributed by atoms with E-state index in [4.69, 9.17) is 16.3 Å². The molecule has 1 saturated heterocycles. The van der Waals surface area contributed by atoms with Crippen LogP contribution < -0.4 is 10.1 Å². The molecule has 0 spiro atoms. The van der Waals surface area contributed by atoms with E-state index in [1.807, 2.05) is 11.8 Å². The fourth-order valence-corrected chi connectivity index (χ4v) is 4.89. The van der Waals surface area contributed by atoms with Crippen molar-refractivity contribution in [2.75, 3.05) is 38.4 Å². The summed E-state index contributed by atoms with van der Waals surface area (Å²) in [5, 5.41) is 3.43. The first-order valence-corrected chi connectivity index (χ1v) is 14.0. The van der Waals surface area contributed by atoms with E-state index in [0.717, 1.165) is 11.1 Å². The molecule has 7 nitrogen and oxygen atoms in total. The molecule has 1 N–H and O–H groups in total. The van der Waals surface area contributed by atoms with Crippen molar-refractivity contribution in [2.24, 2.45) is 0 Å². The van der Waals surface area contributed by atoms with Crippen molar-refractivity contribution in [1.29, 1.82) is 0 Å². The predicted molar refractivity (Wildman–Crippen MR) is 136 cm³/mol. The molecular formula is C25H33ClFN3O4S. The summed E-state index contributed by atoms with van der Waals surface area (Å²) in [5.41, 5.74) is 1.84. The van der Waals surface area contributed by atoms with Crippen LogP contribution in [0.3, 0.4) is 0 Å². The molecule has 1 amide bonds. The Morgan fingerprint density at radius 1 is 1.14 bits per heavy atom. The topological polar surface area (TPSA) is 79.0 Å². The van der Waals surface area contributed by atoms with Gasteiger partial charge >= 0.3 is 0 Å². The highest BCUT2D eigenvalue weighted by Gasteiger charge is 2.32. The number of sulfone groups is 1. The van der Waals surface area contributed by atoms with Crippen LogP contribution in [0.15, 0.2) is 42.5 Å². The summed E-state index contributed by atoms with van der Waals surface area (Å²) >= 11 is 6.13. The number of rotatable bonds is 10. The van der Waals surface area contributed by atoms with Gasteiger partial charge in [-0.3, -0.25) is 9.69 Å². The zero-order valence-corrected chi connectivity index (χ0v) is 21.9. The Balaban J connectivity index is 1.55. The summed E-state index contributed by atoms with van der Waals surface area (Å²) in [6.45, 7) is 6.42. The third kappa shape index (κ3) is 8.45. The number of ether oxygens (including phenoxy) is 1. The Bertz CT molecular complexity index is 1110. The van der Waals surface area contributed by atoms with Crippen molar-refractivity contribution >= 4 is 27.3 Å². The van der Waals surface area contributed by atoms with Gasteiger partial charge in [0.15, 0.2) is 16.4 Å². The first-order valence-electron chi connectivity index (χ1n) is 11.6. The van der Waals surface area contributed by atoms with Crippen LogP contribution in [0.1, 0.15) is 25.0 Å². The summed E-state index contributed by atoms with van der Waals surface area (Å²) in [5.74, 6) is 0.104. The van der Waals surface area contributed by atoms with E-state index in [1.165, 1.54) is 18.4 Å². The van der Waals surface area contributed by atoms with Crippen LogP contribution in [-0.4, -0.2) is 74.6 Å². The van der Waals surface area contributed by atoms with Crippen molar-refractivity contribution in [2.45, 2.75) is 38.9 Å². The second-order valence-electron chi connectivity index (χ2n) is 9.16. The third-order valence-corrected chi connectivity index (χ3v) is 7.01. The van der Waals surface area contributed by atoms with E-state index in [9.17, 15) is 17.6 Å². The highest BCUT2D eigenvalue weighted by molar-refractivity contribution is 7.90. The maximum atomic E-state index is 13.2. The van der Waals surface area contributed by atoms with Gasteiger partial charge in [-0.25, -0.2) is 12.8 Å². The summed E-state index contributed by atoms with van der Waals surface area (Å²) in [7, 11) is -3.10. The fraction of sp³-hybridized carbons (Fsp3) is 0.480.